The Morgan fingerprint density at radius 2 is 1.33 bits per heavy atom. The average molecular weight is 552 g/mol. The first-order valence-corrected chi connectivity index (χ1v) is 12.7. The number of nitrogens with one attached hydrogen (secondary N) is 4. The monoisotopic (exact) mass is 551 g/mol. The van der Waals surface area contributed by atoms with Gasteiger partial charge in [0.05, 0.1) is 12.4 Å². The van der Waals surface area contributed by atoms with Crippen molar-refractivity contribution in [2.75, 3.05) is 10.6 Å². The number of aromatic amines is 2. The minimum atomic E-state index is -0.472. The third kappa shape index (κ3) is 12.9. The van der Waals surface area contributed by atoms with Gasteiger partial charge in [0, 0.05) is 24.6 Å². The van der Waals surface area contributed by atoms with Crippen LogP contribution in [0.5, 0.6) is 0 Å². The van der Waals surface area contributed by atoms with Crippen LogP contribution in [-0.4, -0.2) is 11.8 Å². The number of amides is 2. The fraction of sp³-hybridized carbons (Fsp3) is 0.200. The quantitative estimate of drug-likeness (QED) is 0.600. The van der Waals surface area contributed by atoms with Crippen molar-refractivity contribution in [2.24, 2.45) is 0 Å². The van der Waals surface area contributed by atoms with Crippen LogP contribution in [-0.2, 0) is 26.1 Å². The van der Waals surface area contributed by atoms with Gasteiger partial charge < -0.3 is 0 Å². The van der Waals surface area contributed by atoms with Gasteiger partial charge in [-0.1, -0.05) is 22.7 Å². The Labute approximate surface area is 146 Å². The van der Waals surface area contributed by atoms with E-state index in [1.165, 1.54) is 36.5 Å². The molecule has 120 valence electrons. The maximum absolute atomic E-state index is 10.4. The first-order valence-electron chi connectivity index (χ1n) is 5.27. The molecule has 21 heavy (non-hydrogen) atoms. The summed E-state index contributed by atoms with van der Waals surface area (Å²) in [5.74, 6) is -0.0950. The summed E-state index contributed by atoms with van der Waals surface area (Å²) < 4.78 is 0. The van der Waals surface area contributed by atoms with Crippen LogP contribution in [0.2, 0.25) is 0 Å². The number of anilines is 2. The van der Waals surface area contributed by atoms with E-state index in [2.05, 4.69) is 20.6 Å². The van der Waals surface area contributed by atoms with Gasteiger partial charge in [-0.3, -0.25) is 0 Å². The van der Waals surface area contributed by atoms with Crippen molar-refractivity contribution >= 4 is 63.6 Å². The third-order valence-electron chi connectivity index (χ3n) is 1.52. The van der Waals surface area contributed by atoms with Gasteiger partial charge >= 0.3 is 57.4 Å². The number of hydrogen-bond donors (Lipinski definition) is 2. The molecule has 0 spiro atoms. The number of aromatic nitrogens is 2. The zero-order chi connectivity index (χ0) is 16.1. The van der Waals surface area contributed by atoms with Crippen molar-refractivity contribution in [3.63, 3.8) is 0 Å². The van der Waals surface area contributed by atoms with Crippen LogP contribution in [0, 0.1) is 0 Å². The second-order valence-electron chi connectivity index (χ2n) is 3.20. The van der Waals surface area contributed by atoms with Gasteiger partial charge in [0.15, 0.2) is 0 Å². The molecular formula is C10H14Cl2N4O2PtS2+2. The number of thiazole rings is 2. The number of halogens is 2. The topological polar surface area (TPSA) is 86.5 Å². The fourth-order valence-electron chi connectivity index (χ4n) is 0.942. The van der Waals surface area contributed by atoms with E-state index in [9.17, 15) is 9.59 Å². The zero-order valence-corrected chi connectivity index (χ0v) is 16.4. The van der Waals surface area contributed by atoms with E-state index in [4.69, 9.17) is 18.8 Å². The SMILES string of the molecule is CC(=O)Nc1[nH+]ccs1.CC(=O)Nc1[nH+]ccs1.[Cl][Pt][Cl]. The summed E-state index contributed by atoms with van der Waals surface area (Å²) in [4.78, 5) is 26.5. The molecule has 0 bridgehead atoms. The summed E-state index contributed by atoms with van der Waals surface area (Å²) in [7, 11) is 9.75. The molecule has 0 aliphatic rings. The molecule has 2 amide bonds. The Kier molecular flexibility index (Phi) is 12.8. The van der Waals surface area contributed by atoms with Crippen molar-refractivity contribution in [3.05, 3.63) is 23.2 Å². The predicted octanol–water partition coefficient (Wildman–Crippen LogP) is 2.42. The fourth-order valence-corrected chi connectivity index (χ4v) is 2.16. The Bertz CT molecular complexity index is 465. The number of H-pyrrole nitrogens is 2. The standard InChI is InChI=1S/2C5H6N2OS.2ClH.Pt/c2*1-4(8)7-5-6-2-3-9-5;;;/h2*2-3H,1H3,(H,6,7,8);2*1H;/q;;;;+2. The molecule has 2 rings (SSSR count). The molecule has 0 fully saturated rings. The van der Waals surface area contributed by atoms with E-state index in [1.807, 2.05) is 10.8 Å². The first kappa shape index (κ1) is 20.5. The van der Waals surface area contributed by atoms with Gasteiger partial charge in [-0.2, -0.15) is 0 Å². The van der Waals surface area contributed by atoms with E-state index >= 15 is 0 Å². The molecule has 0 radical (unpaired) electrons. The van der Waals surface area contributed by atoms with Crippen LogP contribution in [0.1, 0.15) is 13.8 Å². The van der Waals surface area contributed by atoms with Crippen molar-refractivity contribution in [2.45, 2.75) is 13.8 Å². The number of carbonyl (C=O) groups is 2. The molecule has 0 unspecified atom stereocenters. The Balaban J connectivity index is 0.000000322. The summed E-state index contributed by atoms with van der Waals surface area (Å²) in [6.45, 7) is 2.96. The van der Waals surface area contributed by atoms with Crippen LogP contribution in [0.4, 0.5) is 10.3 Å². The van der Waals surface area contributed by atoms with E-state index < -0.39 is 16.5 Å². The van der Waals surface area contributed by atoms with Crippen molar-refractivity contribution in [1.82, 2.24) is 0 Å². The second-order valence-corrected chi connectivity index (χ2v) is 8.31. The van der Waals surface area contributed by atoms with Crippen LogP contribution in [0.25, 0.3) is 0 Å². The van der Waals surface area contributed by atoms with Crippen molar-refractivity contribution in [1.29, 1.82) is 0 Å². The zero-order valence-electron chi connectivity index (χ0n) is 11.0. The Morgan fingerprint density at radius 1 is 1.00 bits per heavy atom. The first-order chi connectivity index (χ1) is 9.99. The maximum atomic E-state index is 10.4. The van der Waals surface area contributed by atoms with Crippen molar-refractivity contribution < 1.29 is 36.0 Å². The van der Waals surface area contributed by atoms with Gasteiger partial charge in [-0.05, 0) is 0 Å². The number of carbonyl (C=O) groups excluding carboxylic acids is 2. The molecule has 4 N–H and O–H groups in total. The number of rotatable bonds is 2. The molecule has 2 heterocycles. The van der Waals surface area contributed by atoms with Crippen LogP contribution in [0.3, 0.4) is 0 Å². The van der Waals surface area contributed by atoms with Crippen LogP contribution < -0.4 is 20.6 Å². The molecule has 6 nitrogen and oxygen atoms in total. The molecule has 0 aromatic carbocycles. The van der Waals surface area contributed by atoms with Gasteiger partial charge in [-0.15, -0.1) is 0 Å². The normalized spacial score (nSPS) is 8.76. The van der Waals surface area contributed by atoms with E-state index in [0.29, 0.717) is 0 Å². The van der Waals surface area contributed by atoms with E-state index in [-0.39, 0.29) is 11.8 Å². The molecule has 0 aliphatic carbocycles. The Morgan fingerprint density at radius 3 is 1.52 bits per heavy atom. The summed E-state index contributed by atoms with van der Waals surface area (Å²) in [6.07, 6.45) is 3.55. The minimum absolute atomic E-state index is 0.0475. The van der Waals surface area contributed by atoms with Gasteiger partial charge in [-0.25, -0.2) is 30.2 Å². The third-order valence-corrected chi connectivity index (χ3v) is 2.97. The molecule has 11 heteroatoms. The van der Waals surface area contributed by atoms with Crippen LogP contribution >= 0.6 is 41.5 Å². The van der Waals surface area contributed by atoms with Gasteiger partial charge in [0.2, 0.25) is 0 Å². The number of hydrogen-bond acceptors (Lipinski definition) is 4. The van der Waals surface area contributed by atoms with Gasteiger partial charge in [0.25, 0.3) is 0 Å². The van der Waals surface area contributed by atoms with E-state index in [1.54, 1.807) is 12.4 Å². The van der Waals surface area contributed by atoms with Crippen molar-refractivity contribution in [3.8, 4) is 0 Å². The summed E-state index contributed by atoms with van der Waals surface area (Å²) in [5.41, 5.74) is 0. The van der Waals surface area contributed by atoms with E-state index in [0.717, 1.165) is 10.3 Å². The average Bonchev–Trinajstić information content (AvgIpc) is 3.03. The summed E-state index contributed by atoms with van der Waals surface area (Å²) in [5, 5.41) is 10.5. The van der Waals surface area contributed by atoms with Gasteiger partial charge in [0.1, 0.15) is 0 Å². The summed E-state index contributed by atoms with van der Waals surface area (Å²) in [6, 6.07) is 0. The molecule has 0 atom stereocenters. The molecular weight excluding hydrogens is 538 g/mol. The Hall–Kier alpha value is -0.532. The molecule has 2 aromatic rings. The second kappa shape index (κ2) is 13.2. The molecule has 0 aliphatic heterocycles. The van der Waals surface area contributed by atoms with Crippen LogP contribution in [0.15, 0.2) is 23.2 Å². The molecule has 2 aromatic heterocycles. The summed E-state index contributed by atoms with van der Waals surface area (Å²) >= 11 is 2.46. The predicted molar refractivity (Wildman–Crippen MR) is 82.1 cm³/mol. The molecule has 0 saturated heterocycles. The molecule has 0 saturated carbocycles.